The number of allylic oxidation sites excluding steroid dienone is 2. The van der Waals surface area contributed by atoms with Gasteiger partial charge in [0.1, 0.15) is 0 Å². The molecule has 9 heavy (non-hydrogen) atoms. The minimum absolute atomic E-state index is 0.593. The first-order valence-corrected chi connectivity index (χ1v) is 3.48. The summed E-state index contributed by atoms with van der Waals surface area (Å²) >= 11 is 0. The second-order valence-electron chi connectivity index (χ2n) is 2.70. The lowest BCUT2D eigenvalue weighted by Crippen LogP contribution is -2.25. The second-order valence-corrected chi connectivity index (χ2v) is 2.70. The predicted molar refractivity (Wildman–Crippen MR) is 36.6 cm³/mol. The Morgan fingerprint density at radius 2 is 2.33 bits per heavy atom. The standard InChI is InChI=1S/C8H10N/c1-2-6-9-8(3-1)7-4-5-7/h1-3,7-9H,4-5H2. The summed E-state index contributed by atoms with van der Waals surface area (Å²) < 4.78 is 0. The Bertz CT molecular complexity index is 154. The zero-order valence-corrected chi connectivity index (χ0v) is 5.30. The molecule has 0 spiro atoms. The summed E-state index contributed by atoms with van der Waals surface area (Å²) in [5, 5.41) is 3.19. The Morgan fingerprint density at radius 1 is 1.44 bits per heavy atom. The number of dihydropyridines is 1. The van der Waals surface area contributed by atoms with Crippen LogP contribution in [0.25, 0.3) is 0 Å². The molecule has 0 bridgehead atoms. The van der Waals surface area contributed by atoms with Crippen molar-refractivity contribution in [1.29, 1.82) is 0 Å². The summed E-state index contributed by atoms with van der Waals surface area (Å²) in [6, 6.07) is 0.593. The minimum Gasteiger partial charge on any atom is -0.377 e. The summed E-state index contributed by atoms with van der Waals surface area (Å²) in [6.07, 6.45) is 12.0. The highest BCUT2D eigenvalue weighted by molar-refractivity contribution is 5.12. The Morgan fingerprint density at radius 3 is 2.89 bits per heavy atom. The van der Waals surface area contributed by atoms with Crippen molar-refractivity contribution in [2.75, 3.05) is 0 Å². The van der Waals surface area contributed by atoms with Crippen molar-refractivity contribution < 1.29 is 0 Å². The van der Waals surface area contributed by atoms with E-state index in [9.17, 15) is 0 Å². The lowest BCUT2D eigenvalue weighted by Gasteiger charge is -2.12. The largest absolute Gasteiger partial charge is 0.377 e. The maximum absolute atomic E-state index is 3.19. The molecular weight excluding hydrogens is 110 g/mol. The molecular formula is C8H10N. The van der Waals surface area contributed by atoms with Crippen LogP contribution in [-0.4, -0.2) is 6.04 Å². The highest BCUT2D eigenvalue weighted by Crippen LogP contribution is 2.33. The molecule has 1 aliphatic heterocycles. The molecule has 0 amide bonds. The normalized spacial score (nSPS) is 32.2. The smallest absolute Gasteiger partial charge is 0.0580 e. The number of hydrogen-bond acceptors (Lipinski definition) is 1. The third kappa shape index (κ3) is 0.995. The van der Waals surface area contributed by atoms with Gasteiger partial charge in [-0.3, -0.25) is 0 Å². The fraction of sp³-hybridized carbons (Fsp3) is 0.500. The molecule has 1 unspecified atom stereocenters. The summed E-state index contributed by atoms with van der Waals surface area (Å²) in [4.78, 5) is 0. The summed E-state index contributed by atoms with van der Waals surface area (Å²) in [5.41, 5.74) is 0. The first-order valence-electron chi connectivity index (χ1n) is 3.48. The molecule has 1 heteroatoms. The van der Waals surface area contributed by atoms with Crippen LogP contribution in [0.3, 0.4) is 0 Å². The summed E-state index contributed by atoms with van der Waals surface area (Å²) in [5.74, 6) is 0.905. The van der Waals surface area contributed by atoms with E-state index in [0.29, 0.717) is 6.04 Å². The Balaban J connectivity index is 1.98. The maximum atomic E-state index is 3.19. The van der Waals surface area contributed by atoms with Crippen LogP contribution in [0, 0.1) is 12.1 Å². The molecule has 1 nitrogen and oxygen atoms in total. The van der Waals surface area contributed by atoms with E-state index in [1.807, 2.05) is 6.08 Å². The fourth-order valence-electron chi connectivity index (χ4n) is 1.15. The van der Waals surface area contributed by atoms with Crippen LogP contribution < -0.4 is 5.32 Å². The fourth-order valence-corrected chi connectivity index (χ4v) is 1.15. The van der Waals surface area contributed by atoms with Crippen molar-refractivity contribution >= 4 is 0 Å². The summed E-state index contributed by atoms with van der Waals surface area (Å²) in [7, 11) is 0. The molecule has 2 aliphatic rings. The Labute approximate surface area is 55.5 Å². The number of hydrogen-bond donors (Lipinski definition) is 1. The van der Waals surface area contributed by atoms with Gasteiger partial charge in [0, 0.05) is 6.04 Å². The lowest BCUT2D eigenvalue weighted by molar-refractivity contribution is 0.605. The average molecular weight is 120 g/mol. The average Bonchev–Trinajstić information content (AvgIpc) is 2.71. The van der Waals surface area contributed by atoms with Gasteiger partial charge in [0.2, 0.25) is 0 Å². The molecule has 0 aromatic rings. The van der Waals surface area contributed by atoms with Crippen molar-refractivity contribution in [2.45, 2.75) is 18.9 Å². The first-order chi connectivity index (χ1) is 4.47. The van der Waals surface area contributed by atoms with Gasteiger partial charge in [-0.2, -0.15) is 0 Å². The molecule has 47 valence electrons. The van der Waals surface area contributed by atoms with Gasteiger partial charge < -0.3 is 5.32 Å². The monoisotopic (exact) mass is 120 g/mol. The molecule has 1 radical (unpaired) electrons. The van der Waals surface area contributed by atoms with Crippen molar-refractivity contribution in [3.8, 4) is 0 Å². The van der Waals surface area contributed by atoms with Crippen LogP contribution in [0.5, 0.6) is 0 Å². The van der Waals surface area contributed by atoms with Crippen molar-refractivity contribution in [1.82, 2.24) is 5.32 Å². The summed E-state index contributed by atoms with van der Waals surface area (Å²) in [6.45, 7) is 0. The first kappa shape index (κ1) is 5.10. The van der Waals surface area contributed by atoms with Crippen LogP contribution in [0.2, 0.25) is 0 Å². The molecule has 1 saturated carbocycles. The second kappa shape index (κ2) is 1.90. The minimum atomic E-state index is 0.593. The van der Waals surface area contributed by atoms with Gasteiger partial charge in [0.25, 0.3) is 0 Å². The van der Waals surface area contributed by atoms with Gasteiger partial charge in [-0.1, -0.05) is 12.2 Å². The molecule has 0 saturated heterocycles. The van der Waals surface area contributed by atoms with Crippen LogP contribution in [0.1, 0.15) is 12.8 Å². The number of nitrogens with one attached hydrogen (secondary N) is 1. The highest BCUT2D eigenvalue weighted by atomic mass is 14.9. The molecule has 1 fully saturated rings. The highest BCUT2D eigenvalue weighted by Gasteiger charge is 2.28. The van der Waals surface area contributed by atoms with Gasteiger partial charge in [-0.15, -0.1) is 0 Å². The Hall–Kier alpha value is -0.720. The molecule has 0 aromatic carbocycles. The SMILES string of the molecule is [C]1=CC=CC(C2CC2)N1. The van der Waals surface area contributed by atoms with Gasteiger partial charge in [0.05, 0.1) is 6.20 Å². The van der Waals surface area contributed by atoms with Gasteiger partial charge >= 0.3 is 0 Å². The molecule has 0 aromatic heterocycles. The third-order valence-corrected chi connectivity index (χ3v) is 1.88. The molecule has 2 rings (SSSR count). The molecule has 1 heterocycles. The quantitative estimate of drug-likeness (QED) is 0.549. The number of rotatable bonds is 1. The van der Waals surface area contributed by atoms with Crippen molar-refractivity contribution in [3.63, 3.8) is 0 Å². The lowest BCUT2D eigenvalue weighted by atomic mass is 10.1. The third-order valence-electron chi connectivity index (χ3n) is 1.88. The molecule has 1 aliphatic carbocycles. The van der Waals surface area contributed by atoms with Crippen LogP contribution in [0.4, 0.5) is 0 Å². The van der Waals surface area contributed by atoms with E-state index in [1.54, 1.807) is 0 Å². The maximum Gasteiger partial charge on any atom is 0.0580 e. The van der Waals surface area contributed by atoms with E-state index in [2.05, 4.69) is 23.7 Å². The van der Waals surface area contributed by atoms with E-state index < -0.39 is 0 Å². The molecule has 1 N–H and O–H groups in total. The van der Waals surface area contributed by atoms with E-state index in [0.717, 1.165) is 5.92 Å². The topological polar surface area (TPSA) is 12.0 Å². The van der Waals surface area contributed by atoms with E-state index >= 15 is 0 Å². The van der Waals surface area contributed by atoms with Crippen LogP contribution >= 0.6 is 0 Å². The molecule has 1 atom stereocenters. The Kier molecular flexibility index (Phi) is 1.08. The van der Waals surface area contributed by atoms with Crippen molar-refractivity contribution in [3.05, 3.63) is 24.4 Å². The zero-order chi connectivity index (χ0) is 6.10. The van der Waals surface area contributed by atoms with E-state index in [1.165, 1.54) is 12.8 Å². The van der Waals surface area contributed by atoms with Crippen molar-refractivity contribution in [2.24, 2.45) is 5.92 Å². The zero-order valence-electron chi connectivity index (χ0n) is 5.30. The predicted octanol–water partition coefficient (Wildman–Crippen LogP) is 1.24. The van der Waals surface area contributed by atoms with Gasteiger partial charge in [0.15, 0.2) is 0 Å². The van der Waals surface area contributed by atoms with E-state index in [-0.39, 0.29) is 0 Å². The van der Waals surface area contributed by atoms with Gasteiger partial charge in [-0.05, 0) is 24.8 Å². The van der Waals surface area contributed by atoms with Crippen LogP contribution in [0.15, 0.2) is 18.2 Å². The van der Waals surface area contributed by atoms with Crippen LogP contribution in [-0.2, 0) is 0 Å². The van der Waals surface area contributed by atoms with Gasteiger partial charge in [-0.25, -0.2) is 0 Å². The van der Waals surface area contributed by atoms with E-state index in [4.69, 9.17) is 0 Å².